The second kappa shape index (κ2) is 7.57. The van der Waals surface area contributed by atoms with Gasteiger partial charge in [0.05, 0.1) is 10.5 Å². The lowest BCUT2D eigenvalue weighted by Crippen LogP contribution is -2.21. The number of anilines is 2. The third kappa shape index (κ3) is 4.30. The molecule has 2 aromatic carbocycles. The van der Waals surface area contributed by atoms with Gasteiger partial charge in [-0.05, 0) is 62.7 Å². The SMILES string of the molecule is CCN(CC)c1ccc(NS(=O)(=O)c2cc(C(=O)O)ccc2C)cc1. The van der Waals surface area contributed by atoms with Gasteiger partial charge in [-0.1, -0.05) is 6.07 Å². The maximum Gasteiger partial charge on any atom is 0.335 e. The molecular weight excluding hydrogens is 340 g/mol. The maximum absolute atomic E-state index is 12.6. The Labute approximate surface area is 148 Å². The van der Waals surface area contributed by atoms with Crippen molar-refractivity contribution in [2.45, 2.75) is 25.7 Å². The smallest absolute Gasteiger partial charge is 0.335 e. The van der Waals surface area contributed by atoms with E-state index in [0.717, 1.165) is 18.8 Å². The number of sulfonamides is 1. The maximum atomic E-state index is 12.6. The molecule has 0 saturated heterocycles. The average molecular weight is 362 g/mol. The van der Waals surface area contributed by atoms with Crippen LogP contribution in [0.15, 0.2) is 47.4 Å². The number of carboxylic acids is 1. The van der Waals surface area contributed by atoms with Gasteiger partial charge < -0.3 is 10.0 Å². The Morgan fingerprint density at radius 1 is 1.08 bits per heavy atom. The zero-order chi connectivity index (χ0) is 18.6. The first-order valence-electron chi connectivity index (χ1n) is 8.00. The lowest BCUT2D eigenvalue weighted by molar-refractivity contribution is 0.0696. The van der Waals surface area contributed by atoms with E-state index in [1.165, 1.54) is 18.2 Å². The normalized spacial score (nSPS) is 11.2. The molecule has 0 heterocycles. The average Bonchev–Trinajstić information content (AvgIpc) is 2.57. The molecule has 2 rings (SSSR count). The van der Waals surface area contributed by atoms with Crippen molar-refractivity contribution in [1.29, 1.82) is 0 Å². The number of nitrogens with one attached hydrogen (secondary N) is 1. The first-order valence-corrected chi connectivity index (χ1v) is 9.48. The third-order valence-corrected chi connectivity index (χ3v) is 5.50. The molecule has 0 aliphatic rings. The van der Waals surface area contributed by atoms with E-state index in [-0.39, 0.29) is 10.5 Å². The van der Waals surface area contributed by atoms with Crippen LogP contribution in [0.5, 0.6) is 0 Å². The first kappa shape index (κ1) is 18.8. The molecule has 2 N–H and O–H groups in total. The van der Waals surface area contributed by atoms with Gasteiger partial charge in [0.25, 0.3) is 10.0 Å². The minimum atomic E-state index is -3.87. The highest BCUT2D eigenvalue weighted by atomic mass is 32.2. The molecule has 0 unspecified atom stereocenters. The van der Waals surface area contributed by atoms with E-state index >= 15 is 0 Å². The van der Waals surface area contributed by atoms with Crippen LogP contribution in [0.25, 0.3) is 0 Å². The van der Waals surface area contributed by atoms with Gasteiger partial charge in [-0.3, -0.25) is 4.72 Å². The highest BCUT2D eigenvalue weighted by molar-refractivity contribution is 7.92. The number of carbonyl (C=O) groups is 1. The molecule has 0 fully saturated rings. The Morgan fingerprint density at radius 3 is 2.20 bits per heavy atom. The summed E-state index contributed by atoms with van der Waals surface area (Å²) >= 11 is 0. The molecule has 134 valence electrons. The van der Waals surface area contributed by atoms with E-state index in [2.05, 4.69) is 23.5 Å². The summed E-state index contributed by atoms with van der Waals surface area (Å²) in [7, 11) is -3.87. The second-order valence-corrected chi connectivity index (χ2v) is 7.26. The van der Waals surface area contributed by atoms with Gasteiger partial charge in [0, 0.05) is 24.5 Å². The molecule has 2 aromatic rings. The summed E-state index contributed by atoms with van der Waals surface area (Å²) in [5.41, 5.74) is 1.85. The number of carboxylic acid groups (broad SMARTS) is 1. The van der Waals surface area contributed by atoms with Crippen molar-refractivity contribution >= 4 is 27.4 Å². The Bertz CT molecular complexity index is 857. The van der Waals surface area contributed by atoms with Crippen molar-refractivity contribution in [2.75, 3.05) is 22.7 Å². The minimum Gasteiger partial charge on any atom is -0.478 e. The number of hydrogen-bond acceptors (Lipinski definition) is 4. The van der Waals surface area contributed by atoms with Gasteiger partial charge >= 0.3 is 5.97 Å². The number of rotatable bonds is 7. The number of aromatic carboxylic acids is 1. The van der Waals surface area contributed by atoms with Gasteiger partial charge in [-0.2, -0.15) is 0 Å². The van der Waals surface area contributed by atoms with Crippen LogP contribution in [0.2, 0.25) is 0 Å². The highest BCUT2D eigenvalue weighted by Crippen LogP contribution is 2.23. The van der Waals surface area contributed by atoms with Crippen LogP contribution in [-0.4, -0.2) is 32.6 Å². The zero-order valence-electron chi connectivity index (χ0n) is 14.5. The number of nitrogens with zero attached hydrogens (tertiary/aromatic N) is 1. The largest absolute Gasteiger partial charge is 0.478 e. The molecule has 0 spiro atoms. The Morgan fingerprint density at radius 2 is 1.68 bits per heavy atom. The standard InChI is InChI=1S/C18H22N2O4S/c1-4-20(5-2)16-10-8-15(9-11-16)19-25(23,24)17-12-14(18(21)22)7-6-13(17)3/h6-12,19H,4-5H2,1-3H3,(H,21,22). The van der Waals surface area contributed by atoms with Crippen LogP contribution in [-0.2, 0) is 10.0 Å². The second-order valence-electron chi connectivity index (χ2n) is 5.61. The van der Waals surface area contributed by atoms with Crippen molar-refractivity contribution in [3.63, 3.8) is 0 Å². The molecule has 0 aliphatic heterocycles. The molecule has 6 nitrogen and oxygen atoms in total. The molecule has 0 bridgehead atoms. The van der Waals surface area contributed by atoms with Crippen molar-refractivity contribution < 1.29 is 18.3 Å². The van der Waals surface area contributed by atoms with Gasteiger partial charge in [0.1, 0.15) is 0 Å². The van der Waals surface area contributed by atoms with E-state index in [4.69, 9.17) is 5.11 Å². The number of aryl methyl sites for hydroxylation is 1. The number of hydrogen-bond donors (Lipinski definition) is 2. The van der Waals surface area contributed by atoms with E-state index in [1.54, 1.807) is 19.1 Å². The van der Waals surface area contributed by atoms with Crippen molar-refractivity contribution in [2.24, 2.45) is 0 Å². The van der Waals surface area contributed by atoms with Gasteiger partial charge in [0.15, 0.2) is 0 Å². The lowest BCUT2D eigenvalue weighted by Gasteiger charge is -2.21. The Kier molecular flexibility index (Phi) is 5.69. The molecule has 0 amide bonds. The quantitative estimate of drug-likeness (QED) is 0.789. The predicted octanol–water partition coefficient (Wildman–Crippen LogP) is 3.34. The van der Waals surface area contributed by atoms with E-state index in [1.807, 2.05) is 12.1 Å². The van der Waals surface area contributed by atoms with Gasteiger partial charge in [-0.15, -0.1) is 0 Å². The van der Waals surface area contributed by atoms with Crippen molar-refractivity contribution in [3.8, 4) is 0 Å². The summed E-state index contributed by atoms with van der Waals surface area (Å²) in [6, 6.07) is 11.1. The van der Waals surface area contributed by atoms with Crippen molar-refractivity contribution in [3.05, 3.63) is 53.6 Å². The Hall–Kier alpha value is -2.54. The summed E-state index contributed by atoms with van der Waals surface area (Å²) in [6.45, 7) is 7.46. The zero-order valence-corrected chi connectivity index (χ0v) is 15.3. The fraction of sp³-hybridized carbons (Fsp3) is 0.278. The van der Waals surface area contributed by atoms with Gasteiger partial charge in [-0.25, -0.2) is 13.2 Å². The summed E-state index contributed by atoms with van der Waals surface area (Å²) in [6.07, 6.45) is 0. The van der Waals surface area contributed by atoms with Crippen molar-refractivity contribution in [1.82, 2.24) is 0 Å². The molecule has 0 saturated carbocycles. The summed E-state index contributed by atoms with van der Waals surface area (Å²) in [5, 5.41) is 9.06. The first-order chi connectivity index (χ1) is 11.8. The van der Waals surface area contributed by atoms with Crippen LogP contribution < -0.4 is 9.62 Å². The monoisotopic (exact) mass is 362 g/mol. The highest BCUT2D eigenvalue weighted by Gasteiger charge is 2.19. The molecule has 0 atom stereocenters. The van der Waals surface area contributed by atoms with Gasteiger partial charge in [0.2, 0.25) is 0 Å². The van der Waals surface area contributed by atoms with Crippen LogP contribution in [0.3, 0.4) is 0 Å². The summed E-state index contributed by atoms with van der Waals surface area (Å²) in [4.78, 5) is 13.2. The fourth-order valence-electron chi connectivity index (χ4n) is 2.56. The minimum absolute atomic E-state index is 0.0415. The van der Waals surface area contributed by atoms with Crippen LogP contribution in [0.1, 0.15) is 29.8 Å². The summed E-state index contributed by atoms with van der Waals surface area (Å²) < 4.78 is 27.7. The third-order valence-electron chi connectivity index (χ3n) is 3.97. The predicted molar refractivity (Wildman–Crippen MR) is 98.9 cm³/mol. The molecule has 0 radical (unpaired) electrons. The van der Waals surface area contributed by atoms with Crippen LogP contribution in [0.4, 0.5) is 11.4 Å². The van der Waals surface area contributed by atoms with Crippen LogP contribution in [0, 0.1) is 6.92 Å². The fourth-order valence-corrected chi connectivity index (χ4v) is 3.89. The van der Waals surface area contributed by atoms with E-state index in [9.17, 15) is 13.2 Å². The molecule has 0 aliphatic carbocycles. The van der Waals surface area contributed by atoms with E-state index in [0.29, 0.717) is 11.3 Å². The number of benzene rings is 2. The lowest BCUT2D eigenvalue weighted by atomic mass is 10.1. The molecule has 0 aromatic heterocycles. The topological polar surface area (TPSA) is 86.7 Å². The van der Waals surface area contributed by atoms with Crippen LogP contribution >= 0.6 is 0 Å². The molecular formula is C18H22N2O4S. The molecule has 25 heavy (non-hydrogen) atoms. The summed E-state index contributed by atoms with van der Waals surface area (Å²) in [5.74, 6) is -1.17. The molecule has 7 heteroatoms. The Balaban J connectivity index is 2.30. The van der Waals surface area contributed by atoms with E-state index < -0.39 is 16.0 Å².